The minimum absolute atomic E-state index is 0.407. The van der Waals surface area contributed by atoms with Gasteiger partial charge in [0.15, 0.2) is 0 Å². The molecule has 5 nitrogen and oxygen atoms in total. The van der Waals surface area contributed by atoms with Gasteiger partial charge in [-0.15, -0.1) is 0 Å². The van der Waals surface area contributed by atoms with Crippen molar-refractivity contribution in [2.45, 2.75) is 6.54 Å². The Bertz CT molecular complexity index is 919. The number of halogens is 2. The highest BCUT2D eigenvalue weighted by atomic mass is 35.5. The third kappa shape index (κ3) is 3.09. The molecule has 1 fully saturated rings. The first-order valence-corrected chi connectivity index (χ1v) is 8.91. The molecule has 0 saturated carbocycles. The van der Waals surface area contributed by atoms with Crippen LogP contribution < -0.4 is 10.6 Å². The van der Waals surface area contributed by atoms with E-state index in [9.17, 15) is 0 Å². The van der Waals surface area contributed by atoms with Crippen LogP contribution in [0.25, 0.3) is 16.8 Å². The van der Waals surface area contributed by atoms with Gasteiger partial charge < -0.3 is 15.4 Å². The van der Waals surface area contributed by atoms with Crippen LogP contribution in [0.3, 0.4) is 0 Å². The number of aromatic nitrogens is 2. The predicted octanol–water partition coefficient (Wildman–Crippen LogP) is 3.60. The molecule has 0 atom stereocenters. The van der Waals surface area contributed by atoms with Crippen LogP contribution in [-0.4, -0.2) is 35.7 Å². The highest BCUT2D eigenvalue weighted by molar-refractivity contribution is 6.36. The van der Waals surface area contributed by atoms with Crippen molar-refractivity contribution >= 4 is 34.7 Å². The van der Waals surface area contributed by atoms with Crippen LogP contribution >= 0.6 is 23.2 Å². The second-order valence-electron chi connectivity index (χ2n) is 5.98. The monoisotopic (exact) mass is 376 g/mol. The molecule has 25 heavy (non-hydrogen) atoms. The summed E-state index contributed by atoms with van der Waals surface area (Å²) in [6.07, 6.45) is 3.96. The van der Waals surface area contributed by atoms with E-state index in [1.807, 2.05) is 24.4 Å². The van der Waals surface area contributed by atoms with Crippen molar-refractivity contribution in [2.24, 2.45) is 5.73 Å². The fraction of sp³-hybridized carbons (Fsp3) is 0.278. The first-order chi connectivity index (χ1) is 12.2. The van der Waals surface area contributed by atoms with Crippen LogP contribution in [-0.2, 0) is 11.3 Å². The van der Waals surface area contributed by atoms with E-state index in [4.69, 9.17) is 33.7 Å². The number of fused-ring (bicyclic) bond motifs is 1. The summed E-state index contributed by atoms with van der Waals surface area (Å²) in [7, 11) is 0. The highest BCUT2D eigenvalue weighted by Gasteiger charge is 2.18. The lowest BCUT2D eigenvalue weighted by atomic mass is 10.0. The van der Waals surface area contributed by atoms with Crippen LogP contribution in [0.2, 0.25) is 10.0 Å². The molecule has 0 aliphatic carbocycles. The first-order valence-electron chi connectivity index (χ1n) is 8.15. The third-order valence-electron chi connectivity index (χ3n) is 4.49. The molecule has 1 saturated heterocycles. The molecule has 0 amide bonds. The van der Waals surface area contributed by atoms with E-state index in [1.165, 1.54) is 0 Å². The largest absolute Gasteiger partial charge is 0.378 e. The molecule has 3 heterocycles. The molecule has 2 aromatic heterocycles. The van der Waals surface area contributed by atoms with Gasteiger partial charge in [0.2, 0.25) is 0 Å². The smallest absolute Gasteiger partial charge is 0.138 e. The molecule has 4 rings (SSSR count). The summed E-state index contributed by atoms with van der Waals surface area (Å²) in [6.45, 7) is 3.56. The molecule has 1 aliphatic rings. The minimum Gasteiger partial charge on any atom is -0.378 e. The molecule has 0 spiro atoms. The summed E-state index contributed by atoms with van der Waals surface area (Å²) >= 11 is 12.5. The van der Waals surface area contributed by atoms with Crippen molar-refractivity contribution in [3.05, 3.63) is 52.3 Å². The van der Waals surface area contributed by atoms with Gasteiger partial charge in [-0.25, -0.2) is 4.98 Å². The summed E-state index contributed by atoms with van der Waals surface area (Å²) in [6, 6.07) is 7.53. The SMILES string of the molecule is NCc1cc2ncc(N3CCOCC3)n2cc1-c1ccc(Cl)cc1Cl. The predicted molar refractivity (Wildman–Crippen MR) is 102 cm³/mol. The third-order valence-corrected chi connectivity index (χ3v) is 5.04. The van der Waals surface area contributed by atoms with Gasteiger partial charge in [0.25, 0.3) is 0 Å². The second-order valence-corrected chi connectivity index (χ2v) is 6.83. The number of morpholine rings is 1. The van der Waals surface area contributed by atoms with Crippen molar-refractivity contribution in [2.75, 3.05) is 31.2 Å². The van der Waals surface area contributed by atoms with Crippen LogP contribution in [0.1, 0.15) is 5.56 Å². The molecular formula is C18H18Cl2N4O. The Hall–Kier alpha value is -1.79. The average molecular weight is 377 g/mol. The molecule has 0 unspecified atom stereocenters. The number of benzene rings is 1. The molecule has 1 aliphatic heterocycles. The number of hydrogen-bond donors (Lipinski definition) is 1. The number of pyridine rings is 1. The number of nitrogens with zero attached hydrogens (tertiary/aromatic N) is 3. The molecular weight excluding hydrogens is 359 g/mol. The molecule has 0 bridgehead atoms. The molecule has 7 heteroatoms. The zero-order chi connectivity index (χ0) is 17.4. The van der Waals surface area contributed by atoms with Crippen LogP contribution in [0, 0.1) is 0 Å². The van der Waals surface area contributed by atoms with E-state index >= 15 is 0 Å². The lowest BCUT2D eigenvalue weighted by Crippen LogP contribution is -2.36. The lowest BCUT2D eigenvalue weighted by molar-refractivity contribution is 0.122. The Balaban J connectivity index is 1.87. The van der Waals surface area contributed by atoms with Crippen molar-refractivity contribution in [3.8, 4) is 11.1 Å². The zero-order valence-electron chi connectivity index (χ0n) is 13.6. The van der Waals surface area contributed by atoms with Crippen LogP contribution in [0.15, 0.2) is 36.7 Å². The van der Waals surface area contributed by atoms with Crippen molar-refractivity contribution in [3.63, 3.8) is 0 Å². The Morgan fingerprint density at radius 2 is 1.92 bits per heavy atom. The van der Waals surface area contributed by atoms with Crippen molar-refractivity contribution < 1.29 is 4.74 Å². The lowest BCUT2D eigenvalue weighted by Gasteiger charge is -2.28. The van der Waals surface area contributed by atoms with Crippen molar-refractivity contribution in [1.29, 1.82) is 0 Å². The van der Waals surface area contributed by atoms with Gasteiger partial charge in [-0.3, -0.25) is 4.40 Å². The summed E-state index contributed by atoms with van der Waals surface area (Å²) in [5.74, 6) is 1.05. The number of nitrogens with two attached hydrogens (primary N) is 1. The maximum atomic E-state index is 6.43. The summed E-state index contributed by atoms with van der Waals surface area (Å²) in [5.41, 5.74) is 9.74. The highest BCUT2D eigenvalue weighted by Crippen LogP contribution is 2.34. The number of ether oxygens (including phenoxy) is 1. The van der Waals surface area contributed by atoms with E-state index in [-0.39, 0.29) is 0 Å². The van der Waals surface area contributed by atoms with Gasteiger partial charge in [0, 0.05) is 47.0 Å². The number of imidazole rings is 1. The maximum Gasteiger partial charge on any atom is 0.138 e. The Morgan fingerprint density at radius 1 is 1.12 bits per heavy atom. The van der Waals surface area contributed by atoms with Gasteiger partial charge >= 0.3 is 0 Å². The quantitative estimate of drug-likeness (QED) is 0.758. The van der Waals surface area contributed by atoms with Gasteiger partial charge in [0.1, 0.15) is 11.5 Å². The summed E-state index contributed by atoms with van der Waals surface area (Å²) < 4.78 is 7.54. The molecule has 130 valence electrons. The Labute approximate surface area is 155 Å². The van der Waals surface area contributed by atoms with Gasteiger partial charge in [0.05, 0.1) is 19.4 Å². The number of hydrogen-bond acceptors (Lipinski definition) is 4. The zero-order valence-corrected chi connectivity index (χ0v) is 15.1. The van der Waals surface area contributed by atoms with Crippen LogP contribution in [0.4, 0.5) is 5.82 Å². The van der Waals surface area contributed by atoms with E-state index in [0.29, 0.717) is 16.6 Å². The Kier molecular flexibility index (Phi) is 4.56. The van der Waals surface area contributed by atoms with Gasteiger partial charge in [-0.05, 0) is 23.8 Å². The fourth-order valence-corrected chi connectivity index (χ4v) is 3.71. The van der Waals surface area contributed by atoms with E-state index in [1.54, 1.807) is 6.07 Å². The topological polar surface area (TPSA) is 55.8 Å². The maximum absolute atomic E-state index is 6.43. The summed E-state index contributed by atoms with van der Waals surface area (Å²) in [5, 5.41) is 1.22. The van der Waals surface area contributed by atoms with E-state index < -0.39 is 0 Å². The minimum atomic E-state index is 0.407. The number of rotatable bonds is 3. The molecule has 1 aromatic carbocycles. The standard InChI is InChI=1S/C18H18Cl2N4O/c19-13-1-2-14(16(20)8-13)15-11-24-17(7-12(15)9-21)22-10-18(24)23-3-5-25-6-4-23/h1-2,7-8,10-11H,3-6,9,21H2. The first kappa shape index (κ1) is 16.7. The number of anilines is 1. The average Bonchev–Trinajstić information content (AvgIpc) is 3.04. The van der Waals surface area contributed by atoms with Gasteiger partial charge in [-0.2, -0.15) is 0 Å². The van der Waals surface area contributed by atoms with Crippen LogP contribution in [0.5, 0.6) is 0 Å². The molecule has 2 N–H and O–H groups in total. The van der Waals surface area contributed by atoms with Gasteiger partial charge in [-0.1, -0.05) is 29.3 Å². The fourth-order valence-electron chi connectivity index (χ4n) is 3.20. The Morgan fingerprint density at radius 3 is 2.64 bits per heavy atom. The van der Waals surface area contributed by atoms with Crippen molar-refractivity contribution in [1.82, 2.24) is 9.38 Å². The second kappa shape index (κ2) is 6.84. The molecule has 3 aromatic rings. The molecule has 0 radical (unpaired) electrons. The van der Waals surface area contributed by atoms with E-state index in [2.05, 4.69) is 20.5 Å². The normalized spacial score (nSPS) is 15.1. The summed E-state index contributed by atoms with van der Waals surface area (Å²) in [4.78, 5) is 6.82. The van der Waals surface area contributed by atoms with E-state index in [0.717, 1.165) is 54.5 Å².